The molecule has 0 saturated heterocycles. The second-order valence-electron chi connectivity index (χ2n) is 6.66. The van der Waals surface area contributed by atoms with Gasteiger partial charge < -0.3 is 10.1 Å². The molecule has 0 fully saturated rings. The number of benzene rings is 1. The molecule has 0 unspecified atom stereocenters. The highest BCUT2D eigenvalue weighted by Crippen LogP contribution is 2.22. The Morgan fingerprint density at radius 3 is 2.81 bits per heavy atom. The zero-order valence-corrected chi connectivity index (χ0v) is 14.6. The van der Waals surface area contributed by atoms with E-state index in [0.29, 0.717) is 18.1 Å². The van der Waals surface area contributed by atoms with Crippen molar-refractivity contribution >= 4 is 0 Å². The maximum Gasteiger partial charge on any atom is 0.255 e. The van der Waals surface area contributed by atoms with Gasteiger partial charge in [-0.3, -0.25) is 14.7 Å². The molecule has 132 valence electrons. The molecule has 4 rings (SSSR count). The Kier molecular flexibility index (Phi) is 4.26. The van der Waals surface area contributed by atoms with Crippen molar-refractivity contribution in [2.45, 2.75) is 26.4 Å². The molecule has 3 heterocycles. The van der Waals surface area contributed by atoms with Crippen LogP contribution in [0.1, 0.15) is 22.4 Å². The van der Waals surface area contributed by atoms with Crippen LogP contribution in [0, 0.1) is 6.92 Å². The molecule has 2 aromatic heterocycles. The fourth-order valence-electron chi connectivity index (χ4n) is 3.34. The second-order valence-corrected chi connectivity index (χ2v) is 6.66. The lowest BCUT2D eigenvalue weighted by Gasteiger charge is -2.27. The summed E-state index contributed by atoms with van der Waals surface area (Å²) in [6, 6.07) is 9.31. The van der Waals surface area contributed by atoms with Crippen LogP contribution >= 0.6 is 0 Å². The van der Waals surface area contributed by atoms with E-state index >= 15 is 0 Å². The van der Waals surface area contributed by atoms with Crippen molar-refractivity contribution in [3.05, 3.63) is 75.5 Å². The van der Waals surface area contributed by atoms with Gasteiger partial charge in [0, 0.05) is 44.0 Å². The van der Waals surface area contributed by atoms with Gasteiger partial charge in [-0.2, -0.15) is 0 Å². The smallest absolute Gasteiger partial charge is 0.255 e. The highest BCUT2D eigenvalue weighted by molar-refractivity contribution is 5.54. The van der Waals surface area contributed by atoms with Crippen molar-refractivity contribution in [3.63, 3.8) is 0 Å². The topological polar surface area (TPSA) is 82.1 Å². The maximum absolute atomic E-state index is 12.6. The Hall–Kier alpha value is -2.99. The van der Waals surface area contributed by atoms with Gasteiger partial charge in [0.25, 0.3) is 5.56 Å². The lowest BCUT2D eigenvalue weighted by atomic mass is 10.0. The van der Waals surface area contributed by atoms with E-state index in [1.54, 1.807) is 18.5 Å². The molecule has 6 nitrogen and oxygen atoms in total. The normalized spacial score (nSPS) is 14.2. The Labute approximate surface area is 151 Å². The monoisotopic (exact) mass is 348 g/mol. The Morgan fingerprint density at radius 1 is 1.23 bits per heavy atom. The second kappa shape index (κ2) is 6.72. The summed E-state index contributed by atoms with van der Waals surface area (Å²) in [5.41, 5.74) is 4.39. The molecular formula is C20H20N4O2. The maximum atomic E-state index is 12.6. The summed E-state index contributed by atoms with van der Waals surface area (Å²) < 4.78 is 0. The van der Waals surface area contributed by atoms with Crippen LogP contribution in [0.3, 0.4) is 0 Å². The number of phenolic OH excluding ortho intramolecular Hbond substituents is 1. The first-order valence-electron chi connectivity index (χ1n) is 8.63. The number of hydrogen-bond donors (Lipinski definition) is 2. The van der Waals surface area contributed by atoms with E-state index in [1.807, 2.05) is 31.2 Å². The van der Waals surface area contributed by atoms with E-state index in [-0.39, 0.29) is 5.56 Å². The van der Waals surface area contributed by atoms with Crippen molar-refractivity contribution in [2.75, 3.05) is 6.54 Å². The minimum absolute atomic E-state index is 0.0756. The fraction of sp³-hybridized carbons (Fsp3) is 0.250. The SMILES string of the molecule is Cc1cc(CN2CCc3nc(-c4ccncc4)[nH]c(=O)c3C2)ccc1O. The number of aromatic amines is 1. The molecular weight excluding hydrogens is 328 g/mol. The molecule has 26 heavy (non-hydrogen) atoms. The Morgan fingerprint density at radius 2 is 2.04 bits per heavy atom. The molecule has 2 N–H and O–H groups in total. The average Bonchev–Trinajstić information content (AvgIpc) is 2.66. The number of fused-ring (bicyclic) bond motifs is 1. The van der Waals surface area contributed by atoms with Crippen LogP contribution in [0.15, 0.2) is 47.5 Å². The fourth-order valence-corrected chi connectivity index (χ4v) is 3.34. The summed E-state index contributed by atoms with van der Waals surface area (Å²) in [7, 11) is 0. The number of aromatic nitrogens is 3. The summed E-state index contributed by atoms with van der Waals surface area (Å²) in [4.78, 5) is 26.4. The van der Waals surface area contributed by atoms with E-state index in [1.165, 1.54) is 0 Å². The third-order valence-corrected chi connectivity index (χ3v) is 4.77. The first-order valence-corrected chi connectivity index (χ1v) is 8.63. The molecule has 0 amide bonds. The number of aryl methyl sites for hydroxylation is 1. The third kappa shape index (κ3) is 3.23. The van der Waals surface area contributed by atoms with Crippen LogP contribution in [0.25, 0.3) is 11.4 Å². The van der Waals surface area contributed by atoms with Gasteiger partial charge >= 0.3 is 0 Å². The zero-order valence-electron chi connectivity index (χ0n) is 14.6. The number of rotatable bonds is 3. The van der Waals surface area contributed by atoms with Gasteiger partial charge in [-0.15, -0.1) is 0 Å². The van der Waals surface area contributed by atoms with E-state index in [0.717, 1.165) is 47.5 Å². The quantitative estimate of drug-likeness (QED) is 0.759. The van der Waals surface area contributed by atoms with Gasteiger partial charge in [-0.1, -0.05) is 12.1 Å². The lowest BCUT2D eigenvalue weighted by Crippen LogP contribution is -2.35. The number of nitrogens with one attached hydrogen (secondary N) is 1. The number of hydrogen-bond acceptors (Lipinski definition) is 5. The molecule has 0 aliphatic carbocycles. The molecule has 1 aliphatic rings. The van der Waals surface area contributed by atoms with Crippen LogP contribution in [-0.4, -0.2) is 31.5 Å². The molecule has 0 radical (unpaired) electrons. The predicted molar refractivity (Wildman–Crippen MR) is 98.8 cm³/mol. The van der Waals surface area contributed by atoms with Gasteiger partial charge in [-0.05, 0) is 36.2 Å². The van der Waals surface area contributed by atoms with Crippen molar-refractivity contribution in [1.82, 2.24) is 19.9 Å². The minimum Gasteiger partial charge on any atom is -0.508 e. The molecule has 6 heteroatoms. The number of aromatic hydroxyl groups is 1. The molecule has 0 saturated carbocycles. The van der Waals surface area contributed by atoms with Crippen LogP contribution in [0.2, 0.25) is 0 Å². The van der Waals surface area contributed by atoms with E-state index in [9.17, 15) is 9.90 Å². The van der Waals surface area contributed by atoms with Crippen molar-refractivity contribution < 1.29 is 5.11 Å². The van der Waals surface area contributed by atoms with Crippen LogP contribution < -0.4 is 5.56 Å². The summed E-state index contributed by atoms with van der Waals surface area (Å²) in [5.74, 6) is 0.904. The number of nitrogens with zero attached hydrogens (tertiary/aromatic N) is 3. The van der Waals surface area contributed by atoms with Crippen molar-refractivity contribution in [1.29, 1.82) is 0 Å². The van der Waals surface area contributed by atoms with Crippen molar-refractivity contribution in [3.8, 4) is 17.1 Å². The third-order valence-electron chi connectivity index (χ3n) is 4.77. The van der Waals surface area contributed by atoms with Gasteiger partial charge in [-0.25, -0.2) is 4.98 Å². The molecule has 0 bridgehead atoms. The minimum atomic E-state index is -0.0756. The number of H-pyrrole nitrogens is 1. The van der Waals surface area contributed by atoms with Crippen LogP contribution in [0.4, 0.5) is 0 Å². The highest BCUT2D eigenvalue weighted by atomic mass is 16.3. The van der Waals surface area contributed by atoms with E-state index in [4.69, 9.17) is 0 Å². The largest absolute Gasteiger partial charge is 0.508 e. The molecule has 0 atom stereocenters. The van der Waals surface area contributed by atoms with Crippen LogP contribution in [-0.2, 0) is 19.5 Å². The lowest BCUT2D eigenvalue weighted by molar-refractivity contribution is 0.241. The number of pyridine rings is 1. The van der Waals surface area contributed by atoms with Gasteiger partial charge in [0.1, 0.15) is 11.6 Å². The predicted octanol–water partition coefficient (Wildman–Crippen LogP) is 2.40. The summed E-state index contributed by atoms with van der Waals surface area (Å²) >= 11 is 0. The van der Waals surface area contributed by atoms with E-state index < -0.39 is 0 Å². The van der Waals surface area contributed by atoms with Gasteiger partial charge in [0.2, 0.25) is 0 Å². The summed E-state index contributed by atoms with van der Waals surface area (Å²) in [6.45, 7) is 4.05. The average molecular weight is 348 g/mol. The van der Waals surface area contributed by atoms with Crippen LogP contribution in [0.5, 0.6) is 5.75 Å². The highest BCUT2D eigenvalue weighted by Gasteiger charge is 2.21. The number of phenols is 1. The molecule has 1 aromatic carbocycles. The Balaban J connectivity index is 1.57. The van der Waals surface area contributed by atoms with E-state index in [2.05, 4.69) is 19.9 Å². The summed E-state index contributed by atoms with van der Waals surface area (Å²) in [5, 5.41) is 9.66. The molecule has 3 aromatic rings. The Bertz CT molecular complexity index is 998. The first-order chi connectivity index (χ1) is 12.6. The zero-order chi connectivity index (χ0) is 18.1. The molecule has 0 spiro atoms. The van der Waals surface area contributed by atoms with Gasteiger partial charge in [0.05, 0.1) is 11.3 Å². The molecule has 1 aliphatic heterocycles. The summed E-state index contributed by atoms with van der Waals surface area (Å²) in [6.07, 6.45) is 4.13. The van der Waals surface area contributed by atoms with Gasteiger partial charge in [0.15, 0.2) is 0 Å². The first kappa shape index (κ1) is 16.5. The standard InChI is InChI=1S/C20H20N4O2/c1-13-10-14(2-3-18(13)25)11-24-9-6-17-16(12-24)20(26)23-19(22-17)15-4-7-21-8-5-15/h2-5,7-8,10,25H,6,9,11-12H2,1H3,(H,22,23,26). The van der Waals surface area contributed by atoms with Crippen molar-refractivity contribution in [2.24, 2.45) is 0 Å².